The van der Waals surface area contributed by atoms with Crippen molar-refractivity contribution in [2.75, 3.05) is 7.11 Å². The van der Waals surface area contributed by atoms with E-state index in [4.69, 9.17) is 9.47 Å². The van der Waals surface area contributed by atoms with Gasteiger partial charge in [-0.05, 0) is 41.3 Å². The monoisotopic (exact) mass is 358 g/mol. The molecule has 0 N–H and O–H groups in total. The molecule has 0 amide bonds. The average molecular weight is 358 g/mol. The van der Waals surface area contributed by atoms with Crippen molar-refractivity contribution in [2.45, 2.75) is 13.0 Å². The molecule has 0 saturated heterocycles. The number of hydrogen-bond acceptors (Lipinski definition) is 3. The molecule has 27 heavy (non-hydrogen) atoms. The molecular weight excluding hydrogens is 336 g/mol. The van der Waals surface area contributed by atoms with Crippen LogP contribution in [0, 0.1) is 0 Å². The summed E-state index contributed by atoms with van der Waals surface area (Å²) in [5, 5.41) is 0. The molecule has 0 heterocycles. The Bertz CT molecular complexity index is 914. The Morgan fingerprint density at radius 1 is 0.926 bits per heavy atom. The van der Waals surface area contributed by atoms with Crippen LogP contribution in [0.3, 0.4) is 0 Å². The molecule has 0 atom stereocenters. The molecule has 3 heteroatoms. The van der Waals surface area contributed by atoms with Gasteiger partial charge in [-0.25, -0.2) is 4.79 Å². The van der Waals surface area contributed by atoms with Gasteiger partial charge in [0.1, 0.15) is 12.4 Å². The second-order valence-electron chi connectivity index (χ2n) is 6.11. The van der Waals surface area contributed by atoms with Crippen LogP contribution in [0.5, 0.6) is 5.75 Å². The lowest BCUT2D eigenvalue weighted by molar-refractivity contribution is 0.0600. The molecule has 3 rings (SSSR count). The highest BCUT2D eigenvalue weighted by atomic mass is 16.5. The van der Waals surface area contributed by atoms with E-state index in [1.165, 1.54) is 7.11 Å². The topological polar surface area (TPSA) is 35.5 Å². The van der Waals surface area contributed by atoms with Crippen LogP contribution < -0.4 is 4.74 Å². The van der Waals surface area contributed by atoms with Gasteiger partial charge in [0, 0.05) is 0 Å². The smallest absolute Gasteiger partial charge is 0.337 e. The fraction of sp³-hybridized carbons (Fsp3) is 0.125. The molecule has 3 nitrogen and oxygen atoms in total. The second kappa shape index (κ2) is 9.39. The quantitative estimate of drug-likeness (QED) is 0.537. The summed E-state index contributed by atoms with van der Waals surface area (Å²) in [4.78, 5) is 11.6. The number of hydrogen-bond donors (Lipinski definition) is 0. The lowest BCUT2D eigenvalue weighted by Crippen LogP contribution is -2.00. The van der Waals surface area contributed by atoms with E-state index in [1.54, 1.807) is 6.07 Å². The highest BCUT2D eigenvalue weighted by molar-refractivity contribution is 5.90. The molecule has 0 aromatic heterocycles. The van der Waals surface area contributed by atoms with Gasteiger partial charge in [0.05, 0.1) is 12.7 Å². The minimum Gasteiger partial charge on any atom is -0.489 e. The summed E-state index contributed by atoms with van der Waals surface area (Å²) in [5.74, 6) is 0.555. The van der Waals surface area contributed by atoms with Crippen molar-refractivity contribution in [3.05, 3.63) is 107 Å². The summed E-state index contributed by atoms with van der Waals surface area (Å²) in [6.07, 6.45) is 4.81. The van der Waals surface area contributed by atoms with E-state index in [0.29, 0.717) is 12.2 Å². The Morgan fingerprint density at radius 3 is 2.52 bits per heavy atom. The van der Waals surface area contributed by atoms with E-state index in [1.807, 2.05) is 60.7 Å². The van der Waals surface area contributed by atoms with Crippen molar-refractivity contribution in [1.82, 2.24) is 0 Å². The third kappa shape index (κ3) is 5.32. The van der Waals surface area contributed by atoms with Crippen LogP contribution in [0.2, 0.25) is 0 Å². The summed E-state index contributed by atoms with van der Waals surface area (Å²) in [6, 6.07) is 25.5. The molecule has 0 aliphatic heterocycles. The third-order valence-corrected chi connectivity index (χ3v) is 4.17. The van der Waals surface area contributed by atoms with Crippen molar-refractivity contribution in [2.24, 2.45) is 0 Å². The van der Waals surface area contributed by atoms with E-state index in [9.17, 15) is 4.79 Å². The molecular formula is C24H22O3. The average Bonchev–Trinajstić information content (AvgIpc) is 2.73. The van der Waals surface area contributed by atoms with Crippen LogP contribution in [0.15, 0.2) is 84.9 Å². The van der Waals surface area contributed by atoms with Crippen molar-refractivity contribution in [1.29, 1.82) is 0 Å². The number of allylic oxidation sites excluding steroid dienone is 1. The molecule has 0 aliphatic rings. The maximum absolute atomic E-state index is 11.6. The zero-order valence-corrected chi connectivity index (χ0v) is 15.3. The summed E-state index contributed by atoms with van der Waals surface area (Å²) < 4.78 is 10.8. The van der Waals surface area contributed by atoms with E-state index < -0.39 is 0 Å². The van der Waals surface area contributed by atoms with Crippen molar-refractivity contribution >= 4 is 12.0 Å². The zero-order valence-electron chi connectivity index (χ0n) is 15.3. The third-order valence-electron chi connectivity index (χ3n) is 4.17. The van der Waals surface area contributed by atoms with Gasteiger partial charge < -0.3 is 9.47 Å². The van der Waals surface area contributed by atoms with Gasteiger partial charge in [-0.1, -0.05) is 72.8 Å². The van der Waals surface area contributed by atoms with E-state index >= 15 is 0 Å². The van der Waals surface area contributed by atoms with Gasteiger partial charge in [-0.15, -0.1) is 0 Å². The number of esters is 1. The van der Waals surface area contributed by atoms with Gasteiger partial charge in [0.15, 0.2) is 0 Å². The number of rotatable bonds is 7. The van der Waals surface area contributed by atoms with Crippen molar-refractivity contribution in [3.63, 3.8) is 0 Å². The Labute approximate surface area is 159 Å². The summed E-state index contributed by atoms with van der Waals surface area (Å²) >= 11 is 0. The number of carbonyl (C=O) groups excluding carboxylic acids is 1. The van der Waals surface area contributed by atoms with Crippen LogP contribution in [-0.4, -0.2) is 13.1 Å². The maximum atomic E-state index is 11.6. The first-order valence-electron chi connectivity index (χ1n) is 8.86. The molecule has 0 bridgehead atoms. The highest BCUT2D eigenvalue weighted by Crippen LogP contribution is 2.21. The number of methoxy groups -OCH3 is 1. The lowest BCUT2D eigenvalue weighted by Gasteiger charge is -2.10. The van der Waals surface area contributed by atoms with E-state index in [2.05, 4.69) is 24.3 Å². The number of carbonyl (C=O) groups is 1. The first-order valence-corrected chi connectivity index (χ1v) is 8.86. The summed E-state index contributed by atoms with van der Waals surface area (Å²) in [7, 11) is 1.39. The fourth-order valence-corrected chi connectivity index (χ4v) is 2.76. The molecule has 3 aromatic carbocycles. The van der Waals surface area contributed by atoms with E-state index in [-0.39, 0.29) is 5.97 Å². The zero-order chi connectivity index (χ0) is 18.9. The SMILES string of the molecule is COC(=O)c1cccc(/C=C\Cc2ccccc2OCc2ccccc2)c1. The van der Waals surface area contributed by atoms with Gasteiger partial charge in [0.2, 0.25) is 0 Å². The van der Waals surface area contributed by atoms with Crippen LogP contribution in [0.25, 0.3) is 6.08 Å². The first-order chi connectivity index (χ1) is 13.3. The van der Waals surface area contributed by atoms with Gasteiger partial charge in [-0.3, -0.25) is 0 Å². The molecule has 0 spiro atoms. The Kier molecular flexibility index (Phi) is 6.42. The molecule has 3 aromatic rings. The minimum absolute atomic E-state index is 0.329. The Hall–Kier alpha value is -3.33. The molecule has 0 radical (unpaired) electrons. The maximum Gasteiger partial charge on any atom is 0.337 e. The minimum atomic E-state index is -0.329. The Morgan fingerprint density at radius 2 is 1.70 bits per heavy atom. The van der Waals surface area contributed by atoms with Crippen LogP contribution in [0.1, 0.15) is 27.0 Å². The Balaban J connectivity index is 1.66. The van der Waals surface area contributed by atoms with Crippen LogP contribution >= 0.6 is 0 Å². The van der Waals surface area contributed by atoms with Crippen molar-refractivity contribution < 1.29 is 14.3 Å². The largest absolute Gasteiger partial charge is 0.489 e. The predicted molar refractivity (Wildman–Crippen MR) is 108 cm³/mol. The van der Waals surface area contributed by atoms with Gasteiger partial charge in [-0.2, -0.15) is 0 Å². The molecule has 0 unspecified atom stereocenters. The summed E-state index contributed by atoms with van der Waals surface area (Å²) in [6.45, 7) is 0.544. The van der Waals surface area contributed by atoms with Crippen LogP contribution in [0.4, 0.5) is 0 Å². The van der Waals surface area contributed by atoms with Gasteiger partial charge in [0.25, 0.3) is 0 Å². The normalized spacial score (nSPS) is 10.7. The van der Waals surface area contributed by atoms with Crippen LogP contribution in [-0.2, 0) is 17.8 Å². The first kappa shape index (κ1) is 18.5. The highest BCUT2D eigenvalue weighted by Gasteiger charge is 2.05. The molecule has 0 aliphatic carbocycles. The number of benzene rings is 3. The standard InChI is InChI=1S/C24H22O3/c1-26-24(25)22-15-8-12-19(17-22)11-7-14-21-13-5-6-16-23(21)27-18-20-9-3-2-4-10-20/h2-13,15-17H,14,18H2,1H3/b11-7-. The van der Waals surface area contributed by atoms with E-state index in [0.717, 1.165) is 28.9 Å². The number of para-hydroxylation sites is 1. The molecule has 0 fully saturated rings. The fourth-order valence-electron chi connectivity index (χ4n) is 2.76. The van der Waals surface area contributed by atoms with Gasteiger partial charge >= 0.3 is 5.97 Å². The van der Waals surface area contributed by atoms with Crippen molar-refractivity contribution in [3.8, 4) is 5.75 Å². The summed E-state index contributed by atoms with van der Waals surface area (Å²) in [5.41, 5.74) is 3.77. The second-order valence-corrected chi connectivity index (χ2v) is 6.11. The molecule has 136 valence electrons. The number of ether oxygens (including phenoxy) is 2. The predicted octanol–water partition coefficient (Wildman–Crippen LogP) is 5.31. The lowest BCUT2D eigenvalue weighted by atomic mass is 10.1. The molecule has 0 saturated carbocycles.